The topological polar surface area (TPSA) is 42.7 Å². The summed E-state index contributed by atoms with van der Waals surface area (Å²) in [6.45, 7) is 7.37. The second kappa shape index (κ2) is 5.85. The molecule has 0 aliphatic carbocycles. The van der Waals surface area contributed by atoms with E-state index in [1.54, 1.807) is 0 Å². The Hall–Kier alpha value is -0.900. The van der Waals surface area contributed by atoms with Gasteiger partial charge >= 0.3 is 0 Å². The lowest BCUT2D eigenvalue weighted by Gasteiger charge is -2.12. The van der Waals surface area contributed by atoms with Crippen LogP contribution in [0.3, 0.4) is 0 Å². The van der Waals surface area contributed by atoms with E-state index in [-0.39, 0.29) is 0 Å². The Kier molecular flexibility index (Phi) is 4.75. The molecule has 0 saturated heterocycles. The van der Waals surface area contributed by atoms with Gasteiger partial charge in [-0.25, -0.2) is 4.68 Å². The second-order valence-electron chi connectivity index (χ2n) is 3.96. The van der Waals surface area contributed by atoms with Gasteiger partial charge in [-0.15, -0.1) is 5.10 Å². The van der Waals surface area contributed by atoms with Crippen LogP contribution in [0.25, 0.3) is 0 Å². The van der Waals surface area contributed by atoms with Crippen molar-refractivity contribution >= 4 is 0 Å². The molecule has 1 aromatic rings. The predicted octanol–water partition coefficient (Wildman–Crippen LogP) is 1.92. The van der Waals surface area contributed by atoms with E-state index < -0.39 is 0 Å². The molecule has 1 atom stereocenters. The summed E-state index contributed by atoms with van der Waals surface area (Å²) in [7, 11) is 1.94. The van der Waals surface area contributed by atoms with Crippen molar-refractivity contribution in [2.75, 3.05) is 7.05 Å². The van der Waals surface area contributed by atoms with E-state index in [1.165, 1.54) is 5.69 Å². The van der Waals surface area contributed by atoms with E-state index in [0.29, 0.717) is 6.04 Å². The molecule has 86 valence electrons. The molecular formula is C11H22N4. The van der Waals surface area contributed by atoms with Crippen molar-refractivity contribution in [2.24, 2.45) is 0 Å². The molecule has 0 amide bonds. The van der Waals surface area contributed by atoms with Crippen LogP contribution in [0, 0.1) is 0 Å². The van der Waals surface area contributed by atoms with E-state index in [4.69, 9.17) is 0 Å². The molecule has 1 aromatic heterocycles. The van der Waals surface area contributed by atoms with Gasteiger partial charge in [0.15, 0.2) is 0 Å². The van der Waals surface area contributed by atoms with Crippen molar-refractivity contribution in [1.29, 1.82) is 0 Å². The van der Waals surface area contributed by atoms with Gasteiger partial charge in [-0.1, -0.05) is 25.5 Å². The zero-order valence-electron chi connectivity index (χ0n) is 10.2. The number of nitrogens with zero attached hydrogens (tertiary/aromatic N) is 3. The summed E-state index contributed by atoms with van der Waals surface area (Å²) in [4.78, 5) is 0. The maximum absolute atomic E-state index is 4.25. The van der Waals surface area contributed by atoms with Crippen molar-refractivity contribution < 1.29 is 0 Å². The van der Waals surface area contributed by atoms with Gasteiger partial charge in [0.05, 0.1) is 17.4 Å². The molecule has 1 unspecified atom stereocenters. The molecule has 0 saturated carbocycles. The number of hydrogen-bond donors (Lipinski definition) is 1. The van der Waals surface area contributed by atoms with E-state index in [1.807, 2.05) is 7.05 Å². The van der Waals surface area contributed by atoms with Crippen LogP contribution < -0.4 is 5.32 Å². The first-order valence-corrected chi connectivity index (χ1v) is 5.82. The molecule has 0 aliphatic heterocycles. The Balaban J connectivity index is 2.94. The van der Waals surface area contributed by atoms with Gasteiger partial charge in [-0.3, -0.25) is 0 Å². The molecule has 0 aromatic carbocycles. The molecule has 4 nitrogen and oxygen atoms in total. The van der Waals surface area contributed by atoms with Crippen LogP contribution in [0.2, 0.25) is 0 Å². The predicted molar refractivity (Wildman–Crippen MR) is 61.8 cm³/mol. The first kappa shape index (κ1) is 12.2. The number of rotatable bonds is 6. The fourth-order valence-corrected chi connectivity index (χ4v) is 1.67. The molecule has 1 N–H and O–H groups in total. The molecule has 15 heavy (non-hydrogen) atoms. The van der Waals surface area contributed by atoms with Crippen LogP contribution in [0.15, 0.2) is 0 Å². The smallest absolute Gasteiger partial charge is 0.0996 e. The van der Waals surface area contributed by atoms with Gasteiger partial charge in [0, 0.05) is 6.54 Å². The fraction of sp³-hybridized carbons (Fsp3) is 0.818. The number of hydrogen-bond acceptors (Lipinski definition) is 3. The zero-order valence-corrected chi connectivity index (χ0v) is 10.2. The minimum Gasteiger partial charge on any atom is -0.314 e. The maximum Gasteiger partial charge on any atom is 0.0996 e. The van der Waals surface area contributed by atoms with E-state index >= 15 is 0 Å². The van der Waals surface area contributed by atoms with Gasteiger partial charge in [0.1, 0.15) is 0 Å². The Bertz CT molecular complexity index is 293. The van der Waals surface area contributed by atoms with Crippen molar-refractivity contribution in [2.45, 2.75) is 52.6 Å². The van der Waals surface area contributed by atoms with Crippen LogP contribution in [-0.2, 0) is 13.0 Å². The summed E-state index contributed by atoms with van der Waals surface area (Å²) in [6, 6.07) is 0.449. The maximum atomic E-state index is 4.25. The average molecular weight is 210 g/mol. The molecule has 0 fully saturated rings. The Labute approximate surface area is 92.1 Å². The average Bonchev–Trinajstić information content (AvgIpc) is 2.62. The third-order valence-corrected chi connectivity index (χ3v) is 2.71. The lowest BCUT2D eigenvalue weighted by molar-refractivity contribution is 0.447. The Morgan fingerprint density at radius 1 is 1.40 bits per heavy atom. The quantitative estimate of drug-likeness (QED) is 0.780. The van der Waals surface area contributed by atoms with E-state index in [9.17, 15) is 0 Å². The molecule has 0 radical (unpaired) electrons. The van der Waals surface area contributed by atoms with Gasteiger partial charge in [0.2, 0.25) is 0 Å². The minimum atomic E-state index is 0.449. The minimum absolute atomic E-state index is 0.449. The SMILES string of the molecule is CCCc1c(CNC)nnn1C(C)CC. The van der Waals surface area contributed by atoms with Crippen LogP contribution in [0.1, 0.15) is 51.0 Å². The normalized spacial score (nSPS) is 13.1. The lowest BCUT2D eigenvalue weighted by atomic mass is 10.1. The summed E-state index contributed by atoms with van der Waals surface area (Å²) in [5, 5.41) is 11.6. The van der Waals surface area contributed by atoms with Gasteiger partial charge < -0.3 is 5.32 Å². The van der Waals surface area contributed by atoms with Crippen molar-refractivity contribution in [3.8, 4) is 0 Å². The molecular weight excluding hydrogens is 188 g/mol. The summed E-state index contributed by atoms with van der Waals surface area (Å²) in [5.74, 6) is 0. The monoisotopic (exact) mass is 210 g/mol. The Morgan fingerprint density at radius 3 is 2.67 bits per heavy atom. The van der Waals surface area contributed by atoms with Gasteiger partial charge in [0.25, 0.3) is 0 Å². The summed E-state index contributed by atoms with van der Waals surface area (Å²) in [6.07, 6.45) is 3.30. The first-order chi connectivity index (χ1) is 7.24. The number of nitrogens with one attached hydrogen (secondary N) is 1. The molecule has 1 heterocycles. The summed E-state index contributed by atoms with van der Waals surface area (Å²) >= 11 is 0. The highest BCUT2D eigenvalue weighted by molar-refractivity contribution is 5.11. The number of aromatic nitrogens is 3. The van der Waals surface area contributed by atoms with Crippen LogP contribution in [0.5, 0.6) is 0 Å². The van der Waals surface area contributed by atoms with Crippen molar-refractivity contribution in [1.82, 2.24) is 20.3 Å². The van der Waals surface area contributed by atoms with Crippen LogP contribution in [0.4, 0.5) is 0 Å². The molecule has 0 bridgehead atoms. The fourth-order valence-electron chi connectivity index (χ4n) is 1.67. The first-order valence-electron chi connectivity index (χ1n) is 5.82. The van der Waals surface area contributed by atoms with E-state index in [0.717, 1.165) is 31.5 Å². The van der Waals surface area contributed by atoms with Gasteiger partial charge in [-0.2, -0.15) is 0 Å². The van der Waals surface area contributed by atoms with Crippen molar-refractivity contribution in [3.63, 3.8) is 0 Å². The molecule has 0 aliphatic rings. The molecule has 0 spiro atoms. The van der Waals surface area contributed by atoms with E-state index in [2.05, 4.69) is 41.1 Å². The summed E-state index contributed by atoms with van der Waals surface area (Å²) in [5.41, 5.74) is 2.39. The highest BCUT2D eigenvalue weighted by Crippen LogP contribution is 2.16. The van der Waals surface area contributed by atoms with Crippen LogP contribution >= 0.6 is 0 Å². The highest BCUT2D eigenvalue weighted by atomic mass is 15.4. The standard InChI is InChI=1S/C11H22N4/c1-5-7-11-10(8-12-4)13-14-15(11)9(3)6-2/h9,12H,5-8H2,1-4H3. The van der Waals surface area contributed by atoms with Crippen molar-refractivity contribution in [3.05, 3.63) is 11.4 Å². The highest BCUT2D eigenvalue weighted by Gasteiger charge is 2.14. The largest absolute Gasteiger partial charge is 0.314 e. The summed E-state index contributed by atoms with van der Waals surface area (Å²) < 4.78 is 2.08. The van der Waals surface area contributed by atoms with Crippen LogP contribution in [-0.4, -0.2) is 22.0 Å². The van der Waals surface area contributed by atoms with Gasteiger partial charge in [-0.05, 0) is 26.8 Å². The Morgan fingerprint density at radius 2 is 2.13 bits per heavy atom. The molecule has 1 rings (SSSR count). The zero-order chi connectivity index (χ0) is 11.3. The lowest BCUT2D eigenvalue weighted by Crippen LogP contribution is -2.12. The third kappa shape index (κ3) is 2.78. The second-order valence-corrected chi connectivity index (χ2v) is 3.96. The third-order valence-electron chi connectivity index (χ3n) is 2.71. The molecule has 4 heteroatoms.